The molecule has 2 atom stereocenters. The number of hydrogen-bond acceptors (Lipinski definition) is 1. The molecule has 0 unspecified atom stereocenters. The van der Waals surface area contributed by atoms with E-state index >= 15 is 0 Å². The van der Waals surface area contributed by atoms with Crippen LogP contribution in [0.1, 0.15) is 37.7 Å². The first-order valence-electron chi connectivity index (χ1n) is 7.80. The molecule has 0 amide bonds. The normalized spacial score (nSPS) is 22.0. The van der Waals surface area contributed by atoms with E-state index in [2.05, 4.69) is 53.7 Å². The number of aromatic nitrogens is 1. The lowest BCUT2D eigenvalue weighted by atomic mass is 9.96. The average molecular weight is 281 g/mol. The number of aryl methyl sites for hydroxylation is 1. The minimum absolute atomic E-state index is 0.633. The minimum atomic E-state index is 0.633. The first-order valence-corrected chi connectivity index (χ1v) is 7.80. The molecule has 0 radical (unpaired) electrons. The fraction of sp³-hybridized carbons (Fsp3) is 0.500. The smallest absolute Gasteiger partial charge is 0.187 e. The summed E-state index contributed by atoms with van der Waals surface area (Å²) in [5.74, 6) is 0.633. The van der Waals surface area contributed by atoms with Crippen molar-refractivity contribution in [3.8, 4) is 0 Å². The molecule has 1 aromatic carbocycles. The molecule has 3 rings (SSSR count). The molecule has 3 heteroatoms. The highest BCUT2D eigenvalue weighted by Crippen LogP contribution is 2.40. The van der Waals surface area contributed by atoms with Crippen molar-refractivity contribution < 1.29 is 0 Å². The second-order valence-electron chi connectivity index (χ2n) is 6.31. The Hall–Kier alpha value is -1.79. The van der Waals surface area contributed by atoms with Crippen LogP contribution >= 0.6 is 0 Å². The highest BCUT2D eigenvalue weighted by molar-refractivity contribution is 5.88. The zero-order valence-corrected chi connectivity index (χ0v) is 13.1. The van der Waals surface area contributed by atoms with Crippen LogP contribution in [0.2, 0.25) is 0 Å². The Labute approximate surface area is 127 Å². The van der Waals surface area contributed by atoms with Crippen LogP contribution in [0.3, 0.4) is 0 Å². The van der Waals surface area contributed by atoms with Gasteiger partial charge in [0.2, 0.25) is 0 Å². The fourth-order valence-electron chi connectivity index (χ4n) is 3.68. The zero-order chi connectivity index (χ0) is 15.0. The molecule has 3 nitrogen and oxygen atoms in total. The molecular weight excluding hydrogens is 258 g/mol. The minimum Gasteiger partial charge on any atom is -0.348 e. The second kappa shape index (κ2) is 5.54. The summed E-state index contributed by atoms with van der Waals surface area (Å²) in [6, 6.07) is 6.81. The van der Waals surface area contributed by atoms with Gasteiger partial charge in [0, 0.05) is 24.3 Å². The number of rotatable bonds is 3. The van der Waals surface area contributed by atoms with Crippen LogP contribution in [0.5, 0.6) is 0 Å². The summed E-state index contributed by atoms with van der Waals surface area (Å²) < 4.78 is 2.32. The van der Waals surface area contributed by atoms with Gasteiger partial charge in [-0.2, -0.15) is 0 Å². The van der Waals surface area contributed by atoms with E-state index in [1.807, 2.05) is 6.07 Å². The molecule has 110 valence electrons. The van der Waals surface area contributed by atoms with Crippen molar-refractivity contribution in [2.75, 3.05) is 14.1 Å². The Kier molecular flexibility index (Phi) is 3.73. The van der Waals surface area contributed by atoms with Crippen LogP contribution in [0, 0.1) is 6.57 Å². The van der Waals surface area contributed by atoms with Crippen molar-refractivity contribution in [2.45, 2.75) is 44.7 Å². The summed E-state index contributed by atoms with van der Waals surface area (Å²) in [5, 5.41) is 1.29. The summed E-state index contributed by atoms with van der Waals surface area (Å²) in [6.07, 6.45) is 6.09. The van der Waals surface area contributed by atoms with Crippen molar-refractivity contribution in [2.24, 2.45) is 0 Å². The van der Waals surface area contributed by atoms with Gasteiger partial charge in [-0.05, 0) is 69.3 Å². The Balaban J connectivity index is 2.04. The van der Waals surface area contributed by atoms with Crippen LogP contribution in [0.4, 0.5) is 5.69 Å². The Morgan fingerprint density at radius 1 is 1.33 bits per heavy atom. The molecular formula is C18H23N3. The maximum atomic E-state index is 7.25. The molecule has 1 aliphatic carbocycles. The topological polar surface area (TPSA) is 12.5 Å². The van der Waals surface area contributed by atoms with Gasteiger partial charge in [-0.1, -0.05) is 6.07 Å². The predicted molar refractivity (Wildman–Crippen MR) is 87.9 cm³/mol. The van der Waals surface area contributed by atoms with Gasteiger partial charge in [-0.15, -0.1) is 0 Å². The van der Waals surface area contributed by atoms with E-state index in [1.54, 1.807) is 0 Å². The summed E-state index contributed by atoms with van der Waals surface area (Å²) in [6.45, 7) is 10.4. The Morgan fingerprint density at radius 2 is 2.14 bits per heavy atom. The summed E-state index contributed by atoms with van der Waals surface area (Å²) in [7, 11) is 4.36. The first kappa shape index (κ1) is 14.2. The van der Waals surface area contributed by atoms with Crippen molar-refractivity contribution in [1.82, 2.24) is 9.47 Å². The van der Waals surface area contributed by atoms with Crippen molar-refractivity contribution in [3.63, 3.8) is 0 Å². The number of benzene rings is 1. The SMILES string of the molecule is [C-]#[N+]c1ccc2c(c1)c([C@H]1CC[C@H](N(C)C)C1)cn2CC. The number of nitrogens with zero attached hydrogens (tertiary/aromatic N) is 3. The van der Waals surface area contributed by atoms with E-state index in [-0.39, 0.29) is 0 Å². The monoisotopic (exact) mass is 281 g/mol. The summed E-state index contributed by atoms with van der Waals surface area (Å²) in [4.78, 5) is 5.95. The van der Waals surface area contributed by atoms with E-state index in [9.17, 15) is 0 Å². The molecule has 1 saturated carbocycles. The van der Waals surface area contributed by atoms with E-state index in [0.29, 0.717) is 12.0 Å². The van der Waals surface area contributed by atoms with Crippen LogP contribution < -0.4 is 0 Å². The van der Waals surface area contributed by atoms with E-state index < -0.39 is 0 Å². The third-order valence-electron chi connectivity index (χ3n) is 4.94. The lowest BCUT2D eigenvalue weighted by molar-refractivity contribution is 0.297. The van der Waals surface area contributed by atoms with Gasteiger partial charge in [0.05, 0.1) is 6.57 Å². The van der Waals surface area contributed by atoms with Gasteiger partial charge in [-0.25, -0.2) is 4.85 Å². The molecule has 0 aliphatic heterocycles. The molecule has 21 heavy (non-hydrogen) atoms. The maximum Gasteiger partial charge on any atom is 0.187 e. The molecule has 0 spiro atoms. The van der Waals surface area contributed by atoms with Gasteiger partial charge in [0.1, 0.15) is 0 Å². The zero-order valence-electron chi connectivity index (χ0n) is 13.1. The van der Waals surface area contributed by atoms with Crippen LogP contribution in [0.15, 0.2) is 24.4 Å². The lowest BCUT2D eigenvalue weighted by Gasteiger charge is -2.18. The largest absolute Gasteiger partial charge is 0.348 e. The lowest BCUT2D eigenvalue weighted by Crippen LogP contribution is -2.24. The Morgan fingerprint density at radius 3 is 2.76 bits per heavy atom. The van der Waals surface area contributed by atoms with Crippen LogP contribution in [-0.2, 0) is 6.54 Å². The van der Waals surface area contributed by atoms with Crippen molar-refractivity contribution in [1.29, 1.82) is 0 Å². The molecule has 1 fully saturated rings. The first-order chi connectivity index (χ1) is 10.1. The van der Waals surface area contributed by atoms with Gasteiger partial charge in [-0.3, -0.25) is 0 Å². The third kappa shape index (κ3) is 2.45. The molecule has 1 heterocycles. The predicted octanol–water partition coefficient (Wildman–Crippen LogP) is 4.41. The van der Waals surface area contributed by atoms with Crippen molar-refractivity contribution in [3.05, 3.63) is 41.4 Å². The van der Waals surface area contributed by atoms with Gasteiger partial charge in [0.15, 0.2) is 5.69 Å². The highest BCUT2D eigenvalue weighted by Gasteiger charge is 2.29. The van der Waals surface area contributed by atoms with Gasteiger partial charge < -0.3 is 9.47 Å². The summed E-state index contributed by atoms with van der Waals surface area (Å²) in [5.41, 5.74) is 3.47. The average Bonchev–Trinajstić information content (AvgIpc) is 3.10. The molecule has 0 saturated heterocycles. The van der Waals surface area contributed by atoms with Crippen LogP contribution in [-0.4, -0.2) is 29.6 Å². The molecule has 2 aromatic rings. The number of hydrogen-bond donors (Lipinski definition) is 0. The van der Waals surface area contributed by atoms with Crippen molar-refractivity contribution >= 4 is 16.6 Å². The molecule has 1 aliphatic rings. The molecule has 0 N–H and O–H groups in total. The molecule has 1 aromatic heterocycles. The molecule has 0 bridgehead atoms. The maximum absolute atomic E-state index is 7.25. The second-order valence-corrected chi connectivity index (χ2v) is 6.31. The Bertz CT molecular complexity index is 690. The fourth-order valence-corrected chi connectivity index (χ4v) is 3.68. The standard InChI is InChI=1S/C18H23N3/c1-5-21-12-17(13-6-8-15(10-13)20(3)4)16-11-14(19-2)7-9-18(16)21/h7,9,11-13,15H,5-6,8,10H2,1,3-4H3/t13-,15-/m0/s1. The van der Waals surface area contributed by atoms with Gasteiger partial charge >= 0.3 is 0 Å². The van der Waals surface area contributed by atoms with E-state index in [1.165, 1.54) is 35.7 Å². The highest BCUT2D eigenvalue weighted by atomic mass is 15.1. The van der Waals surface area contributed by atoms with Gasteiger partial charge in [0.25, 0.3) is 0 Å². The van der Waals surface area contributed by atoms with Crippen LogP contribution in [0.25, 0.3) is 15.7 Å². The summed E-state index contributed by atoms with van der Waals surface area (Å²) >= 11 is 0. The van der Waals surface area contributed by atoms with E-state index in [0.717, 1.165) is 12.2 Å². The van der Waals surface area contributed by atoms with E-state index in [4.69, 9.17) is 6.57 Å². The number of fused-ring (bicyclic) bond motifs is 1. The third-order valence-corrected chi connectivity index (χ3v) is 4.94. The quantitative estimate of drug-likeness (QED) is 0.759.